The highest BCUT2D eigenvalue weighted by Crippen LogP contribution is 2.32. The number of carbonyl (C=O) groups is 1. The highest BCUT2D eigenvalue weighted by molar-refractivity contribution is 7.99. The summed E-state index contributed by atoms with van der Waals surface area (Å²) in [6.07, 6.45) is 4.66. The number of carboxylic acid groups (broad SMARTS) is 1. The zero-order valence-electron chi connectivity index (χ0n) is 9.09. The Kier molecular flexibility index (Phi) is 3.50. The minimum atomic E-state index is -0.781. The lowest BCUT2D eigenvalue weighted by Gasteiger charge is -2.13. The number of nitrogens with zero attached hydrogens (tertiary/aromatic N) is 2. The number of aryl methyl sites for hydroxylation is 1. The zero-order chi connectivity index (χ0) is 11.5. The Morgan fingerprint density at radius 1 is 1.81 bits per heavy atom. The van der Waals surface area contributed by atoms with E-state index in [-0.39, 0.29) is 5.37 Å². The van der Waals surface area contributed by atoms with E-state index >= 15 is 0 Å². The molecule has 1 saturated heterocycles. The average Bonchev–Trinajstić information content (AvgIpc) is 2.84. The van der Waals surface area contributed by atoms with Crippen molar-refractivity contribution in [3.05, 3.63) is 18.2 Å². The van der Waals surface area contributed by atoms with Gasteiger partial charge in [0.2, 0.25) is 0 Å². The number of nitrogens with one attached hydrogen (secondary N) is 1. The van der Waals surface area contributed by atoms with Gasteiger partial charge in [0.05, 0.1) is 23.6 Å². The topological polar surface area (TPSA) is 67.2 Å². The van der Waals surface area contributed by atoms with Crippen molar-refractivity contribution in [1.29, 1.82) is 0 Å². The summed E-state index contributed by atoms with van der Waals surface area (Å²) < 4.78 is 2.08. The van der Waals surface area contributed by atoms with E-state index < -0.39 is 12.0 Å². The van der Waals surface area contributed by atoms with Gasteiger partial charge in [0.15, 0.2) is 0 Å². The van der Waals surface area contributed by atoms with Crippen LogP contribution in [-0.4, -0.2) is 32.4 Å². The van der Waals surface area contributed by atoms with Gasteiger partial charge < -0.3 is 9.67 Å². The smallest absolute Gasteiger partial charge is 0.321 e. The van der Waals surface area contributed by atoms with Gasteiger partial charge in [0.25, 0.3) is 0 Å². The molecule has 16 heavy (non-hydrogen) atoms. The van der Waals surface area contributed by atoms with Crippen LogP contribution in [0.25, 0.3) is 0 Å². The molecule has 5 nitrogen and oxygen atoms in total. The second kappa shape index (κ2) is 4.88. The molecule has 1 fully saturated rings. The van der Waals surface area contributed by atoms with Crippen molar-refractivity contribution in [1.82, 2.24) is 14.9 Å². The van der Waals surface area contributed by atoms with Crippen LogP contribution < -0.4 is 5.32 Å². The van der Waals surface area contributed by atoms with Crippen LogP contribution in [0, 0.1) is 0 Å². The number of rotatable bonds is 4. The maximum atomic E-state index is 10.8. The molecule has 1 unspecified atom stereocenters. The minimum Gasteiger partial charge on any atom is -0.480 e. The molecule has 1 aliphatic heterocycles. The van der Waals surface area contributed by atoms with Crippen LogP contribution >= 0.6 is 11.8 Å². The van der Waals surface area contributed by atoms with E-state index in [0.717, 1.165) is 18.7 Å². The number of hydrogen-bond donors (Lipinski definition) is 2. The Balaban J connectivity index is 2.08. The molecule has 2 N–H and O–H groups in total. The number of thioether (sulfide) groups is 1. The van der Waals surface area contributed by atoms with Crippen molar-refractivity contribution in [2.75, 3.05) is 5.75 Å². The van der Waals surface area contributed by atoms with E-state index in [2.05, 4.69) is 21.8 Å². The molecule has 88 valence electrons. The van der Waals surface area contributed by atoms with Crippen LogP contribution in [0.2, 0.25) is 0 Å². The third kappa shape index (κ3) is 2.22. The number of aromatic nitrogens is 2. The van der Waals surface area contributed by atoms with Crippen LogP contribution in [0.15, 0.2) is 12.5 Å². The van der Waals surface area contributed by atoms with Gasteiger partial charge >= 0.3 is 5.97 Å². The first kappa shape index (κ1) is 11.5. The molecule has 2 rings (SSSR count). The van der Waals surface area contributed by atoms with Gasteiger partial charge in [-0.1, -0.05) is 6.92 Å². The van der Waals surface area contributed by atoms with Crippen molar-refractivity contribution in [3.63, 3.8) is 0 Å². The normalized spacial score (nSPS) is 24.8. The Morgan fingerprint density at radius 2 is 2.62 bits per heavy atom. The van der Waals surface area contributed by atoms with E-state index in [1.807, 2.05) is 6.20 Å². The SMILES string of the molecule is CCCn1cncc1C1N[C@@H](C(=O)O)CS1. The molecular formula is C10H15N3O2S. The predicted molar refractivity (Wildman–Crippen MR) is 62.3 cm³/mol. The fraction of sp³-hybridized carbons (Fsp3) is 0.600. The third-order valence-corrected chi connectivity index (χ3v) is 3.79. The first-order valence-corrected chi connectivity index (χ1v) is 6.37. The number of aliphatic carboxylic acids is 1. The van der Waals surface area contributed by atoms with Gasteiger partial charge in [-0.25, -0.2) is 4.98 Å². The molecule has 0 aliphatic carbocycles. The summed E-state index contributed by atoms with van der Waals surface area (Å²) in [5.41, 5.74) is 1.07. The standard InChI is InChI=1S/C10H15N3O2S/c1-2-3-13-6-11-4-8(13)9-12-7(5-16-9)10(14)15/h4,6-7,9,12H,2-3,5H2,1H3,(H,14,15)/t7-,9?/m1/s1. The second-order valence-corrected chi connectivity index (χ2v) is 4.92. The van der Waals surface area contributed by atoms with Crippen LogP contribution in [0.4, 0.5) is 0 Å². The molecule has 1 aromatic heterocycles. The molecule has 0 saturated carbocycles. The number of carboxylic acids is 1. The minimum absolute atomic E-state index is 0.0511. The van der Waals surface area contributed by atoms with Gasteiger partial charge in [0.1, 0.15) is 6.04 Å². The van der Waals surface area contributed by atoms with Gasteiger partial charge in [0, 0.05) is 12.3 Å². The molecule has 1 aliphatic rings. The van der Waals surface area contributed by atoms with Crippen molar-refractivity contribution < 1.29 is 9.90 Å². The molecule has 0 spiro atoms. The molecule has 0 radical (unpaired) electrons. The van der Waals surface area contributed by atoms with Crippen LogP contribution in [0.5, 0.6) is 0 Å². The lowest BCUT2D eigenvalue weighted by Crippen LogP contribution is -2.34. The molecule has 2 heterocycles. The van der Waals surface area contributed by atoms with Gasteiger partial charge in [-0.3, -0.25) is 10.1 Å². The lowest BCUT2D eigenvalue weighted by atomic mass is 10.3. The fourth-order valence-corrected chi connectivity index (χ4v) is 3.01. The van der Waals surface area contributed by atoms with E-state index in [4.69, 9.17) is 5.11 Å². The largest absolute Gasteiger partial charge is 0.480 e. The third-order valence-electron chi connectivity index (χ3n) is 2.56. The maximum absolute atomic E-state index is 10.8. The number of imidazole rings is 1. The summed E-state index contributed by atoms with van der Waals surface area (Å²) in [4.78, 5) is 14.9. The molecule has 0 bridgehead atoms. The summed E-state index contributed by atoms with van der Waals surface area (Å²) in [7, 11) is 0. The van der Waals surface area contributed by atoms with Crippen molar-refractivity contribution in [3.8, 4) is 0 Å². The van der Waals surface area contributed by atoms with E-state index in [1.54, 1.807) is 18.1 Å². The molecule has 0 amide bonds. The molecule has 6 heteroatoms. The lowest BCUT2D eigenvalue weighted by molar-refractivity contribution is -0.138. The summed E-state index contributed by atoms with van der Waals surface area (Å²) >= 11 is 1.62. The van der Waals surface area contributed by atoms with Crippen molar-refractivity contribution in [2.45, 2.75) is 31.3 Å². The molecular weight excluding hydrogens is 226 g/mol. The fourth-order valence-electron chi connectivity index (χ4n) is 1.76. The summed E-state index contributed by atoms with van der Waals surface area (Å²) in [6, 6.07) is -0.444. The Bertz CT molecular complexity index is 380. The van der Waals surface area contributed by atoms with E-state index in [0.29, 0.717) is 5.75 Å². The van der Waals surface area contributed by atoms with Crippen LogP contribution in [0.3, 0.4) is 0 Å². The predicted octanol–water partition coefficient (Wildman–Crippen LogP) is 1.08. The zero-order valence-corrected chi connectivity index (χ0v) is 9.91. The Labute approximate surface area is 98.2 Å². The Hall–Kier alpha value is -1.01. The van der Waals surface area contributed by atoms with E-state index in [1.165, 1.54) is 0 Å². The molecule has 2 atom stereocenters. The highest BCUT2D eigenvalue weighted by atomic mass is 32.2. The molecule has 0 aromatic carbocycles. The summed E-state index contributed by atoms with van der Waals surface area (Å²) in [6.45, 7) is 3.03. The molecule has 1 aromatic rings. The average molecular weight is 241 g/mol. The summed E-state index contributed by atoms with van der Waals surface area (Å²) in [5.74, 6) is -0.173. The highest BCUT2D eigenvalue weighted by Gasteiger charge is 2.31. The van der Waals surface area contributed by atoms with Crippen molar-refractivity contribution >= 4 is 17.7 Å². The first-order valence-electron chi connectivity index (χ1n) is 5.33. The Morgan fingerprint density at radius 3 is 3.25 bits per heavy atom. The summed E-state index contributed by atoms with van der Waals surface area (Å²) in [5, 5.41) is 12.0. The maximum Gasteiger partial charge on any atom is 0.321 e. The van der Waals surface area contributed by atoms with E-state index in [9.17, 15) is 4.79 Å². The quantitative estimate of drug-likeness (QED) is 0.825. The monoisotopic (exact) mass is 241 g/mol. The van der Waals surface area contributed by atoms with Crippen LogP contribution in [0.1, 0.15) is 24.4 Å². The van der Waals surface area contributed by atoms with Gasteiger partial charge in [-0.15, -0.1) is 11.8 Å². The first-order chi connectivity index (χ1) is 7.72. The van der Waals surface area contributed by atoms with Crippen molar-refractivity contribution in [2.24, 2.45) is 0 Å². The second-order valence-electron chi connectivity index (χ2n) is 3.78. The number of hydrogen-bond acceptors (Lipinski definition) is 4. The van der Waals surface area contributed by atoms with Gasteiger partial charge in [-0.05, 0) is 6.42 Å². The van der Waals surface area contributed by atoms with Gasteiger partial charge in [-0.2, -0.15) is 0 Å². The van der Waals surface area contributed by atoms with Crippen LogP contribution in [-0.2, 0) is 11.3 Å².